The minimum atomic E-state index is -0.735. The van der Waals surface area contributed by atoms with Gasteiger partial charge in [-0.15, -0.1) is 10.2 Å². The second kappa shape index (κ2) is 6.98. The Balaban J connectivity index is 2.00. The van der Waals surface area contributed by atoms with Crippen LogP contribution in [0.4, 0.5) is 15.8 Å². The predicted octanol–water partition coefficient (Wildman–Crippen LogP) is 2.08. The third kappa shape index (κ3) is 3.79. The number of halogens is 1. The molecule has 1 N–H and O–H groups in total. The van der Waals surface area contributed by atoms with Crippen LogP contribution in [0.3, 0.4) is 0 Å². The predicted molar refractivity (Wildman–Crippen MR) is 78.1 cm³/mol. The fourth-order valence-electron chi connectivity index (χ4n) is 1.61. The van der Waals surface area contributed by atoms with Crippen LogP contribution in [-0.2, 0) is 11.3 Å². The van der Waals surface area contributed by atoms with Gasteiger partial charge in [-0.25, -0.2) is 4.39 Å². The zero-order chi connectivity index (χ0) is 16.1. The molecule has 0 radical (unpaired) electrons. The van der Waals surface area contributed by atoms with Gasteiger partial charge < -0.3 is 9.88 Å². The molecule has 116 valence electrons. The molecule has 0 saturated heterocycles. The molecule has 1 aromatic carbocycles. The number of nitrogens with one attached hydrogen (secondary N) is 1. The number of anilines is 1. The van der Waals surface area contributed by atoms with Gasteiger partial charge in [-0.2, -0.15) is 0 Å². The van der Waals surface area contributed by atoms with Crippen molar-refractivity contribution in [3.63, 3.8) is 0 Å². The van der Waals surface area contributed by atoms with E-state index >= 15 is 0 Å². The molecule has 0 aliphatic heterocycles. The normalized spacial score (nSPS) is 10.5. The van der Waals surface area contributed by atoms with E-state index in [1.807, 2.05) is 6.92 Å². The van der Waals surface area contributed by atoms with E-state index in [1.165, 1.54) is 0 Å². The zero-order valence-corrected chi connectivity index (χ0v) is 12.3. The first kappa shape index (κ1) is 15.9. The van der Waals surface area contributed by atoms with Crippen LogP contribution in [0.25, 0.3) is 0 Å². The van der Waals surface area contributed by atoms with Crippen molar-refractivity contribution in [2.24, 2.45) is 0 Å². The van der Waals surface area contributed by atoms with Crippen molar-refractivity contribution in [1.82, 2.24) is 14.8 Å². The van der Waals surface area contributed by atoms with Crippen LogP contribution in [0.15, 0.2) is 29.7 Å². The van der Waals surface area contributed by atoms with Crippen molar-refractivity contribution in [2.75, 3.05) is 11.1 Å². The highest BCUT2D eigenvalue weighted by Gasteiger charge is 2.14. The summed E-state index contributed by atoms with van der Waals surface area (Å²) in [6, 6.07) is 2.95. The number of non-ortho nitro benzene ring substituents is 1. The number of carbonyl (C=O) groups excluding carboxylic acids is 1. The van der Waals surface area contributed by atoms with E-state index in [-0.39, 0.29) is 17.1 Å². The molecule has 8 nitrogen and oxygen atoms in total. The van der Waals surface area contributed by atoms with Crippen LogP contribution in [0.5, 0.6) is 0 Å². The summed E-state index contributed by atoms with van der Waals surface area (Å²) in [5.41, 5.74) is -0.521. The minimum Gasteiger partial charge on any atom is -0.323 e. The van der Waals surface area contributed by atoms with Crippen molar-refractivity contribution >= 4 is 29.0 Å². The maximum Gasteiger partial charge on any atom is 0.271 e. The molecule has 0 bridgehead atoms. The highest BCUT2D eigenvalue weighted by molar-refractivity contribution is 7.99. The maximum absolute atomic E-state index is 13.6. The maximum atomic E-state index is 13.6. The lowest BCUT2D eigenvalue weighted by molar-refractivity contribution is -0.384. The molecule has 10 heteroatoms. The Morgan fingerprint density at radius 3 is 3.00 bits per heavy atom. The SMILES string of the molecule is CCn1cnnc1SCC(=O)Nc1cc([N+](=O)[O-])ccc1F. The summed E-state index contributed by atoms with van der Waals surface area (Å²) >= 11 is 1.14. The van der Waals surface area contributed by atoms with E-state index in [1.54, 1.807) is 10.9 Å². The number of aryl methyl sites for hydroxylation is 1. The van der Waals surface area contributed by atoms with Gasteiger partial charge >= 0.3 is 0 Å². The number of hydrogen-bond acceptors (Lipinski definition) is 6. The van der Waals surface area contributed by atoms with Gasteiger partial charge in [0.05, 0.1) is 16.4 Å². The number of hydrogen-bond donors (Lipinski definition) is 1. The lowest BCUT2D eigenvalue weighted by Crippen LogP contribution is -2.15. The molecule has 0 aliphatic carbocycles. The van der Waals surface area contributed by atoms with Gasteiger partial charge in [-0.3, -0.25) is 14.9 Å². The quantitative estimate of drug-likeness (QED) is 0.495. The molecule has 0 unspecified atom stereocenters. The van der Waals surface area contributed by atoms with E-state index < -0.39 is 16.6 Å². The Labute approximate surface area is 128 Å². The summed E-state index contributed by atoms with van der Waals surface area (Å²) in [6.07, 6.45) is 1.54. The Bertz CT molecular complexity index is 706. The Kier molecular flexibility index (Phi) is 5.04. The largest absolute Gasteiger partial charge is 0.323 e. The van der Waals surface area contributed by atoms with Gasteiger partial charge in [-0.05, 0) is 13.0 Å². The molecule has 2 aromatic rings. The average Bonchev–Trinajstić information content (AvgIpc) is 2.94. The molecule has 0 aliphatic rings. The second-order valence-electron chi connectivity index (χ2n) is 4.16. The molecule has 0 fully saturated rings. The Morgan fingerprint density at radius 1 is 1.55 bits per heavy atom. The number of amides is 1. The molecule has 2 rings (SSSR count). The van der Waals surface area contributed by atoms with Gasteiger partial charge in [0.2, 0.25) is 5.91 Å². The molecular formula is C12H12FN5O3S. The zero-order valence-electron chi connectivity index (χ0n) is 11.5. The summed E-state index contributed by atoms with van der Waals surface area (Å²) in [4.78, 5) is 21.8. The first-order chi connectivity index (χ1) is 10.5. The monoisotopic (exact) mass is 325 g/mol. The van der Waals surface area contributed by atoms with Crippen molar-refractivity contribution in [3.05, 3.63) is 40.5 Å². The summed E-state index contributed by atoms with van der Waals surface area (Å²) in [6.45, 7) is 2.57. The van der Waals surface area contributed by atoms with Crippen LogP contribution in [0.2, 0.25) is 0 Å². The first-order valence-electron chi connectivity index (χ1n) is 6.25. The lowest BCUT2D eigenvalue weighted by Gasteiger charge is -2.06. The van der Waals surface area contributed by atoms with Crippen molar-refractivity contribution in [1.29, 1.82) is 0 Å². The van der Waals surface area contributed by atoms with Crippen molar-refractivity contribution < 1.29 is 14.1 Å². The van der Waals surface area contributed by atoms with E-state index in [0.29, 0.717) is 11.7 Å². The van der Waals surface area contributed by atoms with Crippen LogP contribution in [0.1, 0.15) is 6.92 Å². The molecule has 1 amide bonds. The average molecular weight is 325 g/mol. The number of benzene rings is 1. The number of nitro benzene ring substituents is 1. The number of thioether (sulfide) groups is 1. The second-order valence-corrected chi connectivity index (χ2v) is 5.10. The smallest absolute Gasteiger partial charge is 0.271 e. The van der Waals surface area contributed by atoms with Gasteiger partial charge in [0.1, 0.15) is 12.1 Å². The lowest BCUT2D eigenvalue weighted by atomic mass is 10.2. The highest BCUT2D eigenvalue weighted by Crippen LogP contribution is 2.22. The molecule has 0 spiro atoms. The topological polar surface area (TPSA) is 103 Å². The van der Waals surface area contributed by atoms with E-state index in [0.717, 1.165) is 30.0 Å². The molecule has 1 heterocycles. The van der Waals surface area contributed by atoms with Gasteiger partial charge in [0.25, 0.3) is 5.69 Å². The molecule has 1 aromatic heterocycles. The Hall–Kier alpha value is -2.49. The van der Waals surface area contributed by atoms with Crippen LogP contribution >= 0.6 is 11.8 Å². The fourth-order valence-corrected chi connectivity index (χ4v) is 2.39. The van der Waals surface area contributed by atoms with Crippen molar-refractivity contribution in [3.8, 4) is 0 Å². The standard InChI is InChI=1S/C12H12FN5O3S/c1-2-17-7-14-16-12(17)22-6-11(19)15-10-5-8(18(20)21)3-4-9(10)13/h3-5,7H,2,6H2,1H3,(H,15,19). The van der Waals surface area contributed by atoms with Crippen molar-refractivity contribution in [2.45, 2.75) is 18.6 Å². The van der Waals surface area contributed by atoms with Gasteiger partial charge in [-0.1, -0.05) is 11.8 Å². The van der Waals surface area contributed by atoms with E-state index in [4.69, 9.17) is 0 Å². The molecule has 22 heavy (non-hydrogen) atoms. The first-order valence-corrected chi connectivity index (χ1v) is 7.24. The van der Waals surface area contributed by atoms with Crippen LogP contribution in [0, 0.1) is 15.9 Å². The fraction of sp³-hybridized carbons (Fsp3) is 0.250. The summed E-state index contributed by atoms with van der Waals surface area (Å²) in [5, 5.41) is 21.1. The highest BCUT2D eigenvalue weighted by atomic mass is 32.2. The van der Waals surface area contributed by atoms with Gasteiger partial charge in [0, 0.05) is 18.7 Å². The number of aromatic nitrogens is 3. The third-order valence-electron chi connectivity index (χ3n) is 2.69. The number of carbonyl (C=O) groups is 1. The van der Waals surface area contributed by atoms with E-state index in [2.05, 4.69) is 15.5 Å². The number of rotatable bonds is 6. The van der Waals surface area contributed by atoms with Gasteiger partial charge in [0.15, 0.2) is 5.16 Å². The number of nitrogens with zero attached hydrogens (tertiary/aromatic N) is 4. The summed E-state index contributed by atoms with van der Waals surface area (Å²) in [5.74, 6) is -1.24. The third-order valence-corrected chi connectivity index (χ3v) is 3.67. The van der Waals surface area contributed by atoms with E-state index in [9.17, 15) is 19.3 Å². The van der Waals surface area contributed by atoms with Crippen LogP contribution in [-0.4, -0.2) is 31.3 Å². The molecular weight excluding hydrogens is 313 g/mol. The molecule has 0 atom stereocenters. The number of nitro groups is 1. The minimum absolute atomic E-state index is 0.0131. The summed E-state index contributed by atoms with van der Waals surface area (Å²) < 4.78 is 15.3. The Morgan fingerprint density at radius 2 is 2.32 bits per heavy atom. The summed E-state index contributed by atoms with van der Waals surface area (Å²) in [7, 11) is 0. The molecule has 0 saturated carbocycles. The van der Waals surface area contributed by atoms with Crippen LogP contribution < -0.4 is 5.32 Å².